The third-order valence-corrected chi connectivity index (χ3v) is 8.45. The molecule has 1 aliphatic heterocycles. The molecule has 0 saturated carbocycles. The Hall–Kier alpha value is -2.19. The van der Waals surface area contributed by atoms with Crippen molar-refractivity contribution in [3.8, 4) is 11.3 Å². The first-order valence-corrected chi connectivity index (χ1v) is 12.6. The van der Waals surface area contributed by atoms with Gasteiger partial charge in [-0.1, -0.05) is 26.0 Å². The van der Waals surface area contributed by atoms with E-state index in [-0.39, 0.29) is 18.6 Å². The number of rotatable bonds is 5. The molecular formula is C28H37BN2O4. The smallest absolute Gasteiger partial charge is 0.399 e. The largest absolute Gasteiger partial charge is 0.494 e. The summed E-state index contributed by atoms with van der Waals surface area (Å²) < 4.78 is 21.3. The number of fused-ring (bicyclic) bond motifs is 5. The molecule has 186 valence electrons. The molecule has 0 amide bonds. The van der Waals surface area contributed by atoms with E-state index in [0.717, 1.165) is 39.9 Å². The van der Waals surface area contributed by atoms with Gasteiger partial charge in [0.2, 0.25) is 0 Å². The third kappa shape index (κ3) is 3.51. The maximum Gasteiger partial charge on any atom is 0.494 e. The SMILES string of the molecule is CCn1c2c(c3cc(B4OC(C)(C)C(C)(C)O4)ccc31)C(C(C)(C)CO)[C@H](OC)c1ncccc1-2. The zero-order chi connectivity index (χ0) is 25.3. The standard InChI is InChI=1S/C28H37BN2O4/c1-9-31-20-13-12-17(29-34-27(4,5)28(6,7)35-29)15-19(20)21-22(26(2,3)16-32)25(33-8)23-18(24(21)31)11-10-14-30-23/h10-15,22,25,32H,9,16H2,1-8H3/t22?,25-/m0/s1. The fourth-order valence-electron chi connectivity index (χ4n) is 5.76. The van der Waals surface area contributed by atoms with Gasteiger partial charge < -0.3 is 23.7 Å². The van der Waals surface area contributed by atoms with E-state index in [1.54, 1.807) is 7.11 Å². The molecule has 1 N–H and O–H groups in total. The Kier molecular flexibility index (Phi) is 5.72. The summed E-state index contributed by atoms with van der Waals surface area (Å²) in [7, 11) is 1.30. The predicted octanol–water partition coefficient (Wildman–Crippen LogP) is 4.83. The lowest BCUT2D eigenvalue weighted by Gasteiger charge is -2.41. The van der Waals surface area contributed by atoms with Gasteiger partial charge in [0.15, 0.2) is 0 Å². The molecule has 2 aromatic heterocycles. The van der Waals surface area contributed by atoms with E-state index < -0.39 is 23.7 Å². The molecule has 1 fully saturated rings. The number of methoxy groups -OCH3 is 1. The Morgan fingerprint density at radius 1 is 1.14 bits per heavy atom. The number of aliphatic hydroxyl groups excluding tert-OH is 1. The van der Waals surface area contributed by atoms with Gasteiger partial charge in [0.25, 0.3) is 0 Å². The summed E-state index contributed by atoms with van der Waals surface area (Å²) in [5, 5.41) is 11.6. The second-order valence-corrected chi connectivity index (χ2v) is 11.6. The third-order valence-electron chi connectivity index (χ3n) is 8.45. The topological polar surface area (TPSA) is 65.7 Å². The number of ether oxygens (including phenoxy) is 1. The zero-order valence-electron chi connectivity index (χ0n) is 22.2. The van der Waals surface area contributed by atoms with Gasteiger partial charge in [-0.25, -0.2) is 0 Å². The van der Waals surface area contributed by atoms with Crippen molar-refractivity contribution in [2.24, 2.45) is 5.41 Å². The molecule has 5 rings (SSSR count). The number of nitrogens with zero attached hydrogens (tertiary/aromatic N) is 2. The monoisotopic (exact) mass is 476 g/mol. The van der Waals surface area contributed by atoms with Crippen molar-refractivity contribution in [3.63, 3.8) is 0 Å². The summed E-state index contributed by atoms with van der Waals surface area (Å²) in [4.78, 5) is 4.77. The molecule has 6 nitrogen and oxygen atoms in total. The highest BCUT2D eigenvalue weighted by Crippen LogP contribution is 2.56. The van der Waals surface area contributed by atoms with Crippen molar-refractivity contribution in [2.75, 3.05) is 13.7 Å². The van der Waals surface area contributed by atoms with E-state index in [0.29, 0.717) is 0 Å². The van der Waals surface area contributed by atoms with Crippen LogP contribution in [0.15, 0.2) is 36.5 Å². The molecule has 1 aromatic carbocycles. The summed E-state index contributed by atoms with van der Waals surface area (Å²) in [6.07, 6.45) is 1.56. The summed E-state index contributed by atoms with van der Waals surface area (Å²) in [5.41, 5.74) is 5.29. The van der Waals surface area contributed by atoms with E-state index in [2.05, 4.69) is 77.3 Å². The van der Waals surface area contributed by atoms with E-state index in [4.69, 9.17) is 19.0 Å². The van der Waals surface area contributed by atoms with E-state index in [1.807, 2.05) is 12.3 Å². The molecule has 1 saturated heterocycles. The molecule has 3 aromatic rings. The van der Waals surface area contributed by atoms with Crippen LogP contribution in [0.1, 0.15) is 71.7 Å². The number of pyridine rings is 1. The molecule has 0 radical (unpaired) electrons. The van der Waals surface area contributed by atoms with Crippen molar-refractivity contribution >= 4 is 23.5 Å². The predicted molar refractivity (Wildman–Crippen MR) is 140 cm³/mol. The fourth-order valence-corrected chi connectivity index (χ4v) is 5.76. The second kappa shape index (κ2) is 8.17. The number of benzene rings is 1. The quantitative estimate of drug-likeness (QED) is 0.535. The van der Waals surface area contributed by atoms with E-state index in [1.165, 1.54) is 5.56 Å². The average molecular weight is 476 g/mol. The van der Waals surface area contributed by atoms with Gasteiger partial charge in [0.05, 0.1) is 22.6 Å². The van der Waals surface area contributed by atoms with Gasteiger partial charge in [0.1, 0.15) is 6.10 Å². The summed E-state index contributed by atoms with van der Waals surface area (Å²) in [5.74, 6) is -0.0845. The number of aryl methyl sites for hydroxylation is 1. The highest BCUT2D eigenvalue weighted by Gasteiger charge is 2.52. The van der Waals surface area contributed by atoms with Crippen molar-refractivity contribution in [1.82, 2.24) is 9.55 Å². The van der Waals surface area contributed by atoms with Crippen LogP contribution in [-0.4, -0.2) is 46.7 Å². The first-order chi connectivity index (χ1) is 16.5. The summed E-state index contributed by atoms with van der Waals surface area (Å²) in [6, 6.07) is 10.6. The molecule has 0 spiro atoms. The molecule has 1 unspecified atom stereocenters. The molecule has 1 aliphatic carbocycles. The van der Waals surface area contributed by atoms with Crippen LogP contribution in [0.2, 0.25) is 0 Å². The molecule has 3 heterocycles. The summed E-state index contributed by atoms with van der Waals surface area (Å²) in [6.45, 7) is 15.5. The van der Waals surface area contributed by atoms with Crippen molar-refractivity contribution in [1.29, 1.82) is 0 Å². The molecule has 2 atom stereocenters. The average Bonchev–Trinajstić information content (AvgIpc) is 3.26. The van der Waals surface area contributed by atoms with Gasteiger partial charge >= 0.3 is 7.12 Å². The van der Waals surface area contributed by atoms with Gasteiger partial charge in [-0.15, -0.1) is 0 Å². The Morgan fingerprint density at radius 2 is 1.83 bits per heavy atom. The van der Waals surface area contributed by atoms with Crippen LogP contribution in [-0.2, 0) is 20.6 Å². The van der Waals surface area contributed by atoms with Crippen LogP contribution in [0.4, 0.5) is 0 Å². The Bertz CT molecular complexity index is 1260. The first kappa shape index (κ1) is 24.5. The molecule has 2 aliphatic rings. The van der Waals surface area contributed by atoms with E-state index >= 15 is 0 Å². The highest BCUT2D eigenvalue weighted by molar-refractivity contribution is 6.62. The lowest BCUT2D eigenvalue weighted by atomic mass is 9.67. The van der Waals surface area contributed by atoms with Crippen molar-refractivity contribution < 1.29 is 19.2 Å². The Labute approximate surface area is 208 Å². The highest BCUT2D eigenvalue weighted by atomic mass is 16.7. The van der Waals surface area contributed by atoms with Gasteiger partial charge in [0, 0.05) is 48.8 Å². The Balaban J connectivity index is 1.80. The minimum Gasteiger partial charge on any atom is -0.399 e. The fraction of sp³-hybridized carbons (Fsp3) is 0.536. The lowest BCUT2D eigenvalue weighted by Crippen LogP contribution is -2.41. The Morgan fingerprint density at radius 3 is 2.43 bits per heavy atom. The van der Waals surface area contributed by atoms with Crippen LogP contribution in [0.5, 0.6) is 0 Å². The van der Waals surface area contributed by atoms with Crippen LogP contribution in [0.3, 0.4) is 0 Å². The van der Waals surface area contributed by atoms with Gasteiger partial charge in [-0.05, 0) is 69.3 Å². The van der Waals surface area contributed by atoms with Gasteiger partial charge in [-0.2, -0.15) is 0 Å². The molecule has 0 bridgehead atoms. The number of aliphatic hydroxyl groups is 1. The van der Waals surface area contributed by atoms with Crippen molar-refractivity contribution in [3.05, 3.63) is 47.8 Å². The van der Waals surface area contributed by atoms with Crippen molar-refractivity contribution in [2.45, 2.75) is 78.2 Å². The van der Waals surface area contributed by atoms with Crippen LogP contribution < -0.4 is 5.46 Å². The van der Waals surface area contributed by atoms with Crippen LogP contribution in [0, 0.1) is 5.41 Å². The van der Waals surface area contributed by atoms with Gasteiger partial charge in [-0.3, -0.25) is 4.98 Å². The minimum atomic E-state index is -0.440. The second-order valence-electron chi connectivity index (χ2n) is 11.6. The molecule has 35 heavy (non-hydrogen) atoms. The number of hydrogen-bond donors (Lipinski definition) is 1. The zero-order valence-corrected chi connectivity index (χ0v) is 22.2. The lowest BCUT2D eigenvalue weighted by molar-refractivity contribution is 0.00578. The first-order valence-electron chi connectivity index (χ1n) is 12.6. The minimum absolute atomic E-state index is 0.0366. The molecular weight excluding hydrogens is 439 g/mol. The molecule has 7 heteroatoms. The van der Waals surface area contributed by atoms with Crippen LogP contribution >= 0.6 is 0 Å². The maximum absolute atomic E-state index is 10.5. The number of hydrogen-bond acceptors (Lipinski definition) is 5. The van der Waals surface area contributed by atoms with Crippen LogP contribution in [0.25, 0.3) is 22.2 Å². The number of aromatic nitrogens is 2. The summed E-state index contributed by atoms with van der Waals surface area (Å²) >= 11 is 0. The maximum atomic E-state index is 10.5. The van der Waals surface area contributed by atoms with E-state index in [9.17, 15) is 5.11 Å². The normalized spacial score (nSPS) is 22.9.